The number of hydrogen-bond acceptors (Lipinski definition) is 2. The maximum Gasteiger partial charge on any atom is 0.416 e. The smallest absolute Gasteiger partial charge is 0.340 e. The van der Waals surface area contributed by atoms with Crippen molar-refractivity contribution in [2.45, 2.75) is 25.2 Å². The topological polar surface area (TPSA) is 46.3 Å². The van der Waals surface area contributed by atoms with E-state index in [4.69, 9.17) is 5.73 Å². The number of alkyl halides is 3. The lowest BCUT2D eigenvalue weighted by molar-refractivity contribution is -0.140. The summed E-state index contributed by atoms with van der Waals surface area (Å²) < 4.78 is 39.2. The SMILES string of the molecule is CN(Cc1ccccc1C(F)(F)F)C(=O)C(C)(N)c1ccccc1.Cl. The van der Waals surface area contributed by atoms with E-state index in [2.05, 4.69) is 0 Å². The number of nitrogens with zero attached hydrogens (tertiary/aromatic N) is 1. The fraction of sp³-hybridized carbons (Fsp3) is 0.278. The van der Waals surface area contributed by atoms with Gasteiger partial charge in [-0.1, -0.05) is 48.5 Å². The highest BCUT2D eigenvalue weighted by Crippen LogP contribution is 2.32. The maximum atomic E-state index is 13.1. The van der Waals surface area contributed by atoms with E-state index in [1.54, 1.807) is 37.3 Å². The van der Waals surface area contributed by atoms with Gasteiger partial charge in [0.25, 0.3) is 0 Å². The molecule has 0 aromatic heterocycles. The summed E-state index contributed by atoms with van der Waals surface area (Å²) >= 11 is 0. The van der Waals surface area contributed by atoms with Crippen LogP contribution >= 0.6 is 12.4 Å². The van der Waals surface area contributed by atoms with Crippen molar-refractivity contribution in [3.63, 3.8) is 0 Å². The van der Waals surface area contributed by atoms with E-state index >= 15 is 0 Å². The monoisotopic (exact) mass is 372 g/mol. The molecule has 0 aliphatic carbocycles. The molecule has 2 aromatic carbocycles. The lowest BCUT2D eigenvalue weighted by atomic mass is 9.91. The Morgan fingerprint density at radius 2 is 1.56 bits per heavy atom. The zero-order valence-corrected chi connectivity index (χ0v) is 14.7. The predicted octanol–water partition coefficient (Wildman–Crippen LogP) is 3.96. The normalized spacial score (nSPS) is 13.5. The highest BCUT2D eigenvalue weighted by atomic mass is 35.5. The van der Waals surface area contributed by atoms with E-state index in [1.165, 1.54) is 30.1 Å². The molecule has 0 radical (unpaired) electrons. The fourth-order valence-electron chi connectivity index (χ4n) is 2.57. The van der Waals surface area contributed by atoms with Crippen LogP contribution in [-0.2, 0) is 23.1 Å². The van der Waals surface area contributed by atoms with Gasteiger partial charge in [0, 0.05) is 13.6 Å². The van der Waals surface area contributed by atoms with E-state index < -0.39 is 23.2 Å². The summed E-state index contributed by atoms with van der Waals surface area (Å²) in [6.07, 6.45) is -4.47. The quantitative estimate of drug-likeness (QED) is 0.883. The molecule has 7 heteroatoms. The van der Waals surface area contributed by atoms with Crippen LogP contribution in [0.25, 0.3) is 0 Å². The molecule has 0 spiro atoms. The highest BCUT2D eigenvalue weighted by molar-refractivity contribution is 5.87. The molecule has 2 aromatic rings. The molecule has 0 bridgehead atoms. The van der Waals surface area contributed by atoms with Crippen LogP contribution in [-0.4, -0.2) is 17.9 Å². The second kappa shape index (κ2) is 7.89. The average molecular weight is 373 g/mol. The molecule has 1 atom stereocenters. The number of nitrogens with two attached hydrogens (primary N) is 1. The zero-order chi connectivity index (χ0) is 18.0. The third kappa shape index (κ3) is 4.74. The van der Waals surface area contributed by atoms with Crippen LogP contribution in [0.3, 0.4) is 0 Å². The average Bonchev–Trinajstić information content (AvgIpc) is 2.54. The minimum Gasteiger partial charge on any atom is -0.340 e. The van der Waals surface area contributed by atoms with Crippen LogP contribution in [0.1, 0.15) is 23.6 Å². The minimum atomic E-state index is -4.47. The molecule has 0 aliphatic rings. The van der Waals surface area contributed by atoms with Gasteiger partial charge in [0.2, 0.25) is 5.91 Å². The molecule has 25 heavy (non-hydrogen) atoms. The van der Waals surface area contributed by atoms with Crippen LogP contribution in [0.5, 0.6) is 0 Å². The van der Waals surface area contributed by atoms with Gasteiger partial charge >= 0.3 is 6.18 Å². The molecule has 1 amide bonds. The van der Waals surface area contributed by atoms with Crippen molar-refractivity contribution < 1.29 is 18.0 Å². The Hall–Kier alpha value is -2.05. The van der Waals surface area contributed by atoms with Crippen LogP contribution in [0, 0.1) is 0 Å². The molecule has 3 nitrogen and oxygen atoms in total. The summed E-state index contributed by atoms with van der Waals surface area (Å²) in [5.41, 5.74) is 4.72. The summed E-state index contributed by atoms with van der Waals surface area (Å²) in [6.45, 7) is 1.38. The van der Waals surface area contributed by atoms with E-state index in [1.807, 2.05) is 0 Å². The first-order valence-electron chi connectivity index (χ1n) is 7.39. The first-order chi connectivity index (χ1) is 11.1. The van der Waals surface area contributed by atoms with Crippen molar-refractivity contribution in [2.75, 3.05) is 7.05 Å². The molecular weight excluding hydrogens is 353 g/mol. The lowest BCUT2D eigenvalue weighted by Crippen LogP contribution is -2.49. The van der Waals surface area contributed by atoms with Crippen molar-refractivity contribution in [3.8, 4) is 0 Å². The van der Waals surface area contributed by atoms with Gasteiger partial charge < -0.3 is 10.6 Å². The second-order valence-electron chi connectivity index (χ2n) is 5.88. The van der Waals surface area contributed by atoms with Gasteiger partial charge in [0.1, 0.15) is 5.54 Å². The fourth-order valence-corrected chi connectivity index (χ4v) is 2.57. The summed E-state index contributed by atoms with van der Waals surface area (Å²) in [7, 11) is 1.45. The summed E-state index contributed by atoms with van der Waals surface area (Å²) in [4.78, 5) is 13.9. The molecule has 0 saturated heterocycles. The summed E-state index contributed by atoms with van der Waals surface area (Å²) in [5, 5.41) is 0. The van der Waals surface area contributed by atoms with Crippen LogP contribution in [0.4, 0.5) is 13.2 Å². The number of rotatable bonds is 4. The van der Waals surface area contributed by atoms with Crippen molar-refractivity contribution in [3.05, 3.63) is 71.3 Å². The second-order valence-corrected chi connectivity index (χ2v) is 5.88. The van der Waals surface area contributed by atoms with E-state index in [0.717, 1.165) is 6.07 Å². The summed E-state index contributed by atoms with van der Waals surface area (Å²) in [6, 6.07) is 14.0. The molecule has 136 valence electrons. The molecule has 0 fully saturated rings. The Morgan fingerprint density at radius 1 is 1.04 bits per heavy atom. The van der Waals surface area contributed by atoms with Crippen molar-refractivity contribution in [1.82, 2.24) is 4.90 Å². The molecule has 2 rings (SSSR count). The van der Waals surface area contributed by atoms with Gasteiger partial charge in [-0.2, -0.15) is 13.2 Å². The molecule has 0 heterocycles. The standard InChI is InChI=1S/C18H19F3N2O.ClH/c1-17(22,14-9-4-3-5-10-14)16(24)23(2)12-13-8-6-7-11-15(13)18(19,20)21;/h3-11H,12,22H2,1-2H3;1H. The van der Waals surface area contributed by atoms with Crippen molar-refractivity contribution in [1.29, 1.82) is 0 Å². The Balaban J connectivity index is 0.00000312. The van der Waals surface area contributed by atoms with Crippen LogP contribution < -0.4 is 5.73 Å². The highest BCUT2D eigenvalue weighted by Gasteiger charge is 2.36. The lowest BCUT2D eigenvalue weighted by Gasteiger charge is -2.30. The summed E-state index contributed by atoms with van der Waals surface area (Å²) in [5.74, 6) is -0.453. The zero-order valence-electron chi connectivity index (χ0n) is 13.9. The molecule has 1 unspecified atom stereocenters. The number of halogens is 4. The Kier molecular flexibility index (Phi) is 6.62. The molecule has 0 saturated carbocycles. The van der Waals surface area contributed by atoms with Crippen LogP contribution in [0.15, 0.2) is 54.6 Å². The molecule has 2 N–H and O–H groups in total. The number of carbonyl (C=O) groups excluding carboxylic acids is 1. The predicted molar refractivity (Wildman–Crippen MR) is 93.1 cm³/mol. The van der Waals surface area contributed by atoms with Crippen molar-refractivity contribution in [2.24, 2.45) is 5.73 Å². The third-order valence-electron chi connectivity index (χ3n) is 3.89. The third-order valence-corrected chi connectivity index (χ3v) is 3.89. The maximum absolute atomic E-state index is 13.1. The Bertz CT molecular complexity index is 718. The van der Waals surface area contributed by atoms with Gasteiger partial charge in [-0.15, -0.1) is 12.4 Å². The number of amides is 1. The van der Waals surface area contributed by atoms with Gasteiger partial charge in [-0.3, -0.25) is 4.79 Å². The number of carbonyl (C=O) groups is 1. The number of likely N-dealkylation sites (N-methyl/N-ethyl adjacent to an activating group) is 1. The first kappa shape index (κ1) is 21.0. The van der Waals surface area contributed by atoms with Crippen molar-refractivity contribution >= 4 is 18.3 Å². The molecular formula is C18H20ClF3N2O. The van der Waals surface area contributed by atoms with Crippen LogP contribution in [0.2, 0.25) is 0 Å². The number of hydrogen-bond donors (Lipinski definition) is 1. The van der Waals surface area contributed by atoms with E-state index in [-0.39, 0.29) is 24.5 Å². The van der Waals surface area contributed by atoms with Gasteiger partial charge in [-0.05, 0) is 24.1 Å². The Labute approximate surface area is 151 Å². The Morgan fingerprint density at radius 3 is 2.12 bits per heavy atom. The van der Waals surface area contributed by atoms with E-state index in [9.17, 15) is 18.0 Å². The van der Waals surface area contributed by atoms with Gasteiger partial charge in [0.05, 0.1) is 5.56 Å². The van der Waals surface area contributed by atoms with E-state index in [0.29, 0.717) is 5.56 Å². The number of benzene rings is 2. The largest absolute Gasteiger partial charge is 0.416 e. The van der Waals surface area contributed by atoms with Gasteiger partial charge in [0.15, 0.2) is 0 Å². The first-order valence-corrected chi connectivity index (χ1v) is 7.39. The minimum absolute atomic E-state index is 0. The molecule has 0 aliphatic heterocycles. The van der Waals surface area contributed by atoms with Gasteiger partial charge in [-0.25, -0.2) is 0 Å².